The van der Waals surface area contributed by atoms with E-state index in [4.69, 9.17) is 9.47 Å². The van der Waals surface area contributed by atoms with E-state index in [9.17, 15) is 22.4 Å². The van der Waals surface area contributed by atoms with Crippen molar-refractivity contribution in [1.29, 1.82) is 0 Å². The van der Waals surface area contributed by atoms with Crippen molar-refractivity contribution < 1.29 is 31.9 Å². The van der Waals surface area contributed by atoms with E-state index < -0.39 is 27.3 Å². The minimum Gasteiger partial charge on any atom is -0.492 e. The molecule has 36 heavy (non-hydrogen) atoms. The van der Waals surface area contributed by atoms with E-state index in [-0.39, 0.29) is 41.0 Å². The van der Waals surface area contributed by atoms with Gasteiger partial charge in [0.05, 0.1) is 16.0 Å². The third-order valence-corrected chi connectivity index (χ3v) is 7.68. The number of hydrogen-bond acceptors (Lipinski definition) is 6. The highest BCUT2D eigenvalue weighted by molar-refractivity contribution is 7.90. The van der Waals surface area contributed by atoms with Crippen LogP contribution < -0.4 is 15.4 Å². The van der Waals surface area contributed by atoms with Gasteiger partial charge in [0.25, 0.3) is 10.0 Å². The summed E-state index contributed by atoms with van der Waals surface area (Å²) in [5.74, 6) is -0.430. The average molecular weight is 516 g/mol. The second kappa shape index (κ2) is 10.0. The number of aromatic nitrogens is 1. The van der Waals surface area contributed by atoms with Gasteiger partial charge in [0.15, 0.2) is 0 Å². The first kappa shape index (κ1) is 25.2. The molecule has 1 fully saturated rings. The minimum absolute atomic E-state index is 0.0703. The molecule has 2 aromatic carbocycles. The first-order chi connectivity index (χ1) is 17.2. The molecular weight excluding hydrogens is 489 g/mol. The maximum Gasteiger partial charge on any atom is 0.407 e. The van der Waals surface area contributed by atoms with Crippen LogP contribution in [0.25, 0.3) is 11.3 Å². The zero-order valence-electron chi connectivity index (χ0n) is 19.8. The zero-order chi connectivity index (χ0) is 25.9. The molecule has 4 rings (SSSR count). The van der Waals surface area contributed by atoms with Crippen molar-refractivity contribution in [2.75, 3.05) is 20.7 Å². The van der Waals surface area contributed by atoms with E-state index in [1.165, 1.54) is 55.7 Å². The molecule has 3 aromatic rings. The van der Waals surface area contributed by atoms with E-state index in [0.717, 1.165) is 3.97 Å². The molecular formula is C25H26FN3O6S. The van der Waals surface area contributed by atoms with E-state index in [2.05, 4.69) is 10.6 Å². The molecule has 1 saturated carbocycles. The summed E-state index contributed by atoms with van der Waals surface area (Å²) in [5, 5.41) is 4.94. The Kier molecular flexibility index (Phi) is 7.02. The Morgan fingerprint density at radius 1 is 1.06 bits per heavy atom. The molecule has 0 radical (unpaired) electrons. The fraction of sp³-hybridized carbons (Fsp3) is 0.280. The molecule has 0 bridgehead atoms. The normalized spacial score (nSPS) is 14.1. The number of nitrogens with zero attached hydrogens (tertiary/aromatic N) is 1. The first-order valence-corrected chi connectivity index (χ1v) is 12.7. The lowest BCUT2D eigenvalue weighted by atomic mass is 10.1. The summed E-state index contributed by atoms with van der Waals surface area (Å²) in [4.78, 5) is 23.5. The number of rotatable bonds is 9. The molecule has 0 atom stereocenters. The van der Waals surface area contributed by atoms with Gasteiger partial charge in [-0.05, 0) is 43.2 Å². The van der Waals surface area contributed by atoms with Crippen molar-refractivity contribution in [1.82, 2.24) is 14.6 Å². The Hall–Kier alpha value is -3.86. The molecule has 2 amide bonds. The van der Waals surface area contributed by atoms with Crippen LogP contribution in [0.4, 0.5) is 9.18 Å². The van der Waals surface area contributed by atoms with Gasteiger partial charge in [-0.25, -0.2) is 21.6 Å². The lowest BCUT2D eigenvalue weighted by Gasteiger charge is -2.16. The van der Waals surface area contributed by atoms with Crippen molar-refractivity contribution in [2.45, 2.75) is 24.3 Å². The zero-order valence-corrected chi connectivity index (χ0v) is 20.6. The standard InChI is InChI=1S/C25H26FN3O6S/c1-27-23(30)25(10-11-25)16-35-18-6-5-7-19(13-18)36(32,33)29-14-17(15-34-24(31)28-2)12-22(29)20-8-3-4-9-21(20)26/h3-9,12-14H,10-11,15-16H2,1-2H3,(H,27,30)(H,28,31). The molecule has 0 aliphatic heterocycles. The fourth-order valence-corrected chi connectivity index (χ4v) is 5.20. The SMILES string of the molecule is CNC(=O)OCc1cc(-c2ccccc2F)n(S(=O)(=O)c2cccc(OCC3(C(=O)NC)CC3)c2)c1. The average Bonchev–Trinajstić information content (AvgIpc) is 3.56. The highest BCUT2D eigenvalue weighted by Gasteiger charge is 2.50. The molecule has 1 aromatic heterocycles. The highest BCUT2D eigenvalue weighted by atomic mass is 32.2. The Bertz CT molecular complexity index is 1400. The van der Waals surface area contributed by atoms with Gasteiger partial charge in [-0.2, -0.15) is 0 Å². The third-order valence-electron chi connectivity index (χ3n) is 6.01. The van der Waals surface area contributed by atoms with Crippen LogP contribution >= 0.6 is 0 Å². The number of alkyl carbamates (subject to hydrolysis) is 1. The number of benzene rings is 2. The fourth-order valence-electron chi connectivity index (χ4n) is 3.77. The van der Waals surface area contributed by atoms with E-state index >= 15 is 0 Å². The molecule has 1 aliphatic rings. The van der Waals surface area contributed by atoms with Gasteiger partial charge in [-0.3, -0.25) is 4.79 Å². The summed E-state index contributed by atoms with van der Waals surface area (Å²) in [6, 6.07) is 13.2. The maximum atomic E-state index is 14.6. The van der Waals surface area contributed by atoms with Gasteiger partial charge in [0, 0.05) is 37.5 Å². The number of ether oxygens (including phenoxy) is 2. The summed E-state index contributed by atoms with van der Waals surface area (Å²) in [5.41, 5.74) is -0.0941. The maximum absolute atomic E-state index is 14.6. The van der Waals surface area contributed by atoms with E-state index in [1.807, 2.05) is 0 Å². The molecule has 1 aliphatic carbocycles. The van der Waals surface area contributed by atoms with Crippen LogP contribution in [0.5, 0.6) is 5.75 Å². The predicted octanol–water partition coefficient (Wildman–Crippen LogP) is 3.29. The van der Waals surface area contributed by atoms with Crippen LogP contribution in [0.2, 0.25) is 0 Å². The summed E-state index contributed by atoms with van der Waals surface area (Å²) in [6.07, 6.45) is 1.99. The number of carbonyl (C=O) groups is 2. The lowest BCUT2D eigenvalue weighted by Crippen LogP contribution is -2.33. The number of nitrogens with one attached hydrogen (secondary N) is 2. The predicted molar refractivity (Wildman–Crippen MR) is 129 cm³/mol. The number of hydrogen-bond donors (Lipinski definition) is 2. The van der Waals surface area contributed by atoms with Crippen molar-refractivity contribution in [2.24, 2.45) is 5.41 Å². The van der Waals surface area contributed by atoms with Crippen LogP contribution in [0.3, 0.4) is 0 Å². The number of amides is 2. The van der Waals surface area contributed by atoms with Gasteiger partial charge in [0.1, 0.15) is 24.8 Å². The van der Waals surface area contributed by atoms with Gasteiger partial charge in [-0.1, -0.05) is 18.2 Å². The summed E-state index contributed by atoms with van der Waals surface area (Å²) >= 11 is 0. The summed E-state index contributed by atoms with van der Waals surface area (Å²) < 4.78 is 53.8. The van der Waals surface area contributed by atoms with Gasteiger partial charge in [-0.15, -0.1) is 0 Å². The molecule has 2 N–H and O–H groups in total. The van der Waals surface area contributed by atoms with Crippen LogP contribution in [0.1, 0.15) is 18.4 Å². The largest absolute Gasteiger partial charge is 0.492 e. The van der Waals surface area contributed by atoms with Crippen molar-refractivity contribution in [3.05, 3.63) is 72.2 Å². The van der Waals surface area contributed by atoms with E-state index in [1.54, 1.807) is 19.2 Å². The van der Waals surface area contributed by atoms with Crippen molar-refractivity contribution in [3.8, 4) is 17.0 Å². The molecule has 0 saturated heterocycles. The van der Waals surface area contributed by atoms with Crippen LogP contribution in [-0.4, -0.2) is 45.1 Å². The summed E-state index contributed by atoms with van der Waals surface area (Å²) in [7, 11) is -1.24. The molecule has 0 unspecified atom stereocenters. The smallest absolute Gasteiger partial charge is 0.407 e. The monoisotopic (exact) mass is 515 g/mol. The van der Waals surface area contributed by atoms with Crippen LogP contribution in [-0.2, 0) is 26.2 Å². The molecule has 0 spiro atoms. The Morgan fingerprint density at radius 2 is 1.81 bits per heavy atom. The van der Waals surface area contributed by atoms with Crippen molar-refractivity contribution in [3.63, 3.8) is 0 Å². The van der Waals surface area contributed by atoms with Gasteiger partial charge in [0.2, 0.25) is 5.91 Å². The van der Waals surface area contributed by atoms with Crippen LogP contribution in [0, 0.1) is 11.2 Å². The van der Waals surface area contributed by atoms with Gasteiger partial charge < -0.3 is 20.1 Å². The second-order valence-corrected chi connectivity index (χ2v) is 10.3. The lowest BCUT2D eigenvalue weighted by molar-refractivity contribution is -0.126. The second-order valence-electron chi connectivity index (χ2n) is 8.46. The van der Waals surface area contributed by atoms with E-state index in [0.29, 0.717) is 18.4 Å². The Balaban J connectivity index is 1.68. The van der Waals surface area contributed by atoms with Gasteiger partial charge >= 0.3 is 6.09 Å². The molecule has 190 valence electrons. The number of carbonyl (C=O) groups excluding carboxylic acids is 2. The van der Waals surface area contributed by atoms with Crippen LogP contribution in [0.15, 0.2) is 65.7 Å². The molecule has 9 nitrogen and oxygen atoms in total. The Labute approximate surface area is 208 Å². The number of halogens is 1. The minimum atomic E-state index is -4.20. The highest BCUT2D eigenvalue weighted by Crippen LogP contribution is 2.46. The summed E-state index contributed by atoms with van der Waals surface area (Å²) in [6.45, 7) is -0.0878. The Morgan fingerprint density at radius 3 is 2.47 bits per heavy atom. The van der Waals surface area contributed by atoms with Crippen molar-refractivity contribution >= 4 is 22.0 Å². The topological polar surface area (TPSA) is 116 Å². The first-order valence-electron chi connectivity index (χ1n) is 11.2. The molecule has 11 heteroatoms. The quantitative estimate of drug-likeness (QED) is 0.452. The molecule has 1 heterocycles. The third kappa shape index (κ3) is 5.06.